The van der Waals surface area contributed by atoms with Gasteiger partial charge in [0.2, 0.25) is 23.1 Å². The van der Waals surface area contributed by atoms with Crippen LogP contribution in [0.1, 0.15) is 26.3 Å². The van der Waals surface area contributed by atoms with Crippen LogP contribution in [-0.4, -0.2) is 25.8 Å². The van der Waals surface area contributed by atoms with Gasteiger partial charge in [0, 0.05) is 16.2 Å². The number of ether oxygens (including phenoxy) is 2. The fourth-order valence-electron chi connectivity index (χ4n) is 2.62. The molecule has 24 heavy (non-hydrogen) atoms. The van der Waals surface area contributed by atoms with E-state index in [1.54, 1.807) is 12.1 Å². The highest BCUT2D eigenvalue weighted by Gasteiger charge is 2.36. The summed E-state index contributed by atoms with van der Waals surface area (Å²) in [7, 11) is 2.72. The second-order valence-electron chi connectivity index (χ2n) is 5.18. The SMILES string of the molecule is COC1=C(OC)C(=O)c2c(SCc3ccccc3)cccc2C1=O. The third-order valence-corrected chi connectivity index (χ3v) is 4.89. The molecule has 122 valence electrons. The highest BCUT2D eigenvalue weighted by atomic mass is 32.2. The minimum Gasteiger partial charge on any atom is -0.489 e. The summed E-state index contributed by atoms with van der Waals surface area (Å²) in [6.45, 7) is 0. The normalized spacial score (nSPS) is 13.8. The van der Waals surface area contributed by atoms with Crippen molar-refractivity contribution >= 4 is 23.3 Å². The van der Waals surface area contributed by atoms with E-state index >= 15 is 0 Å². The summed E-state index contributed by atoms with van der Waals surface area (Å²) in [4.78, 5) is 26.1. The van der Waals surface area contributed by atoms with Crippen LogP contribution in [0.3, 0.4) is 0 Å². The average molecular weight is 340 g/mol. The molecule has 4 nitrogen and oxygen atoms in total. The summed E-state index contributed by atoms with van der Waals surface area (Å²) in [6.07, 6.45) is 0. The standard InChI is InChI=1S/C19H16O4S/c1-22-18-16(20)13-9-6-10-14(15(13)17(21)19(18)23-2)24-11-12-7-4-3-5-8-12/h3-10H,11H2,1-2H3. The molecular weight excluding hydrogens is 324 g/mol. The molecular formula is C19H16O4S. The monoisotopic (exact) mass is 340 g/mol. The Morgan fingerprint density at radius 3 is 2.17 bits per heavy atom. The number of carbonyl (C=O) groups is 2. The van der Waals surface area contributed by atoms with Gasteiger partial charge in [-0.15, -0.1) is 11.8 Å². The first-order valence-electron chi connectivity index (χ1n) is 7.38. The second-order valence-corrected chi connectivity index (χ2v) is 6.19. The molecule has 0 fully saturated rings. The van der Waals surface area contributed by atoms with Gasteiger partial charge < -0.3 is 9.47 Å². The Bertz CT molecular complexity index is 825. The van der Waals surface area contributed by atoms with E-state index in [1.165, 1.54) is 26.0 Å². The molecule has 0 aliphatic heterocycles. The highest BCUT2D eigenvalue weighted by molar-refractivity contribution is 7.98. The number of hydrogen-bond donors (Lipinski definition) is 0. The minimum absolute atomic E-state index is 0.0391. The quantitative estimate of drug-likeness (QED) is 0.774. The number of allylic oxidation sites excluding steroid dienone is 2. The molecule has 0 bridgehead atoms. The first-order chi connectivity index (χ1) is 11.7. The van der Waals surface area contributed by atoms with E-state index in [4.69, 9.17) is 9.47 Å². The lowest BCUT2D eigenvalue weighted by Crippen LogP contribution is -2.24. The zero-order chi connectivity index (χ0) is 17.1. The number of Topliss-reactive ketones (excluding diaryl/α,β-unsaturated/α-hetero) is 2. The molecule has 1 aliphatic rings. The van der Waals surface area contributed by atoms with Crippen molar-refractivity contribution in [2.75, 3.05) is 14.2 Å². The van der Waals surface area contributed by atoms with Crippen LogP contribution in [0.25, 0.3) is 0 Å². The van der Waals surface area contributed by atoms with Gasteiger partial charge in [-0.3, -0.25) is 9.59 Å². The number of ketones is 2. The molecule has 0 atom stereocenters. The van der Waals surface area contributed by atoms with Crippen LogP contribution in [0.4, 0.5) is 0 Å². The molecule has 0 amide bonds. The Labute approximate surface area is 144 Å². The summed E-state index contributed by atoms with van der Waals surface area (Å²) < 4.78 is 10.2. The summed E-state index contributed by atoms with van der Waals surface area (Å²) in [5.74, 6) is -0.0174. The van der Waals surface area contributed by atoms with Crippen molar-refractivity contribution in [3.05, 3.63) is 76.7 Å². The number of benzene rings is 2. The maximum atomic E-state index is 12.8. The van der Waals surface area contributed by atoms with Crippen molar-refractivity contribution in [2.45, 2.75) is 10.6 Å². The summed E-state index contributed by atoms with van der Waals surface area (Å²) >= 11 is 1.52. The van der Waals surface area contributed by atoms with E-state index in [9.17, 15) is 9.59 Å². The first-order valence-corrected chi connectivity index (χ1v) is 8.37. The van der Waals surface area contributed by atoms with E-state index in [2.05, 4.69) is 0 Å². The Morgan fingerprint density at radius 1 is 0.833 bits per heavy atom. The fraction of sp³-hybridized carbons (Fsp3) is 0.158. The molecule has 0 radical (unpaired) electrons. The lowest BCUT2D eigenvalue weighted by atomic mass is 9.92. The molecule has 5 heteroatoms. The highest BCUT2D eigenvalue weighted by Crippen LogP contribution is 2.35. The Morgan fingerprint density at radius 2 is 1.50 bits per heavy atom. The van der Waals surface area contributed by atoms with Crippen molar-refractivity contribution < 1.29 is 19.1 Å². The maximum absolute atomic E-state index is 12.8. The predicted octanol–water partition coefficient (Wildman–Crippen LogP) is 3.86. The number of carbonyl (C=O) groups excluding carboxylic acids is 2. The van der Waals surface area contributed by atoms with Gasteiger partial charge in [0.05, 0.1) is 19.8 Å². The number of fused-ring (bicyclic) bond motifs is 1. The summed E-state index contributed by atoms with van der Waals surface area (Å²) in [6, 6.07) is 15.2. The average Bonchev–Trinajstić information content (AvgIpc) is 2.63. The third kappa shape index (κ3) is 2.83. The fourth-order valence-corrected chi connectivity index (χ4v) is 3.66. The molecule has 2 aromatic rings. The number of methoxy groups -OCH3 is 2. The Balaban J connectivity index is 1.99. The Hall–Kier alpha value is -2.53. The van der Waals surface area contributed by atoms with Gasteiger partial charge in [0.15, 0.2) is 0 Å². The predicted molar refractivity (Wildman–Crippen MR) is 92.2 cm³/mol. The number of hydrogen-bond acceptors (Lipinski definition) is 5. The van der Waals surface area contributed by atoms with Crippen molar-refractivity contribution in [2.24, 2.45) is 0 Å². The minimum atomic E-state index is -0.328. The molecule has 0 unspecified atom stereocenters. The maximum Gasteiger partial charge on any atom is 0.233 e. The molecule has 2 aromatic carbocycles. The van der Waals surface area contributed by atoms with Gasteiger partial charge in [-0.25, -0.2) is 0 Å². The van der Waals surface area contributed by atoms with Crippen LogP contribution in [0.2, 0.25) is 0 Å². The largest absolute Gasteiger partial charge is 0.489 e. The summed E-state index contributed by atoms with van der Waals surface area (Å²) in [5.41, 5.74) is 1.89. The third-order valence-electron chi connectivity index (χ3n) is 3.76. The number of rotatable bonds is 5. The molecule has 1 aliphatic carbocycles. The van der Waals surface area contributed by atoms with Crippen LogP contribution in [0.5, 0.6) is 0 Å². The van der Waals surface area contributed by atoms with Crippen LogP contribution in [0.15, 0.2) is 64.9 Å². The molecule has 0 spiro atoms. The van der Waals surface area contributed by atoms with Crippen LogP contribution in [0, 0.1) is 0 Å². The van der Waals surface area contributed by atoms with Crippen LogP contribution < -0.4 is 0 Å². The van der Waals surface area contributed by atoms with E-state index in [0.29, 0.717) is 16.9 Å². The molecule has 3 rings (SSSR count). The van der Waals surface area contributed by atoms with E-state index in [0.717, 1.165) is 10.5 Å². The summed E-state index contributed by atoms with van der Waals surface area (Å²) in [5, 5.41) is 0. The van der Waals surface area contributed by atoms with Crippen molar-refractivity contribution in [3.8, 4) is 0 Å². The second kappa shape index (κ2) is 6.93. The molecule has 0 saturated carbocycles. The number of thioether (sulfide) groups is 1. The zero-order valence-electron chi connectivity index (χ0n) is 13.4. The molecule has 0 aromatic heterocycles. The lowest BCUT2D eigenvalue weighted by Gasteiger charge is -2.20. The van der Waals surface area contributed by atoms with E-state index in [-0.39, 0.29) is 23.1 Å². The van der Waals surface area contributed by atoms with Crippen molar-refractivity contribution in [3.63, 3.8) is 0 Å². The Kier molecular flexibility index (Phi) is 4.71. The van der Waals surface area contributed by atoms with Crippen molar-refractivity contribution in [1.82, 2.24) is 0 Å². The van der Waals surface area contributed by atoms with Crippen LogP contribution >= 0.6 is 11.8 Å². The zero-order valence-corrected chi connectivity index (χ0v) is 14.2. The van der Waals surface area contributed by atoms with E-state index < -0.39 is 0 Å². The van der Waals surface area contributed by atoms with E-state index in [1.807, 2.05) is 36.4 Å². The first kappa shape index (κ1) is 16.3. The topological polar surface area (TPSA) is 52.6 Å². The molecule has 0 N–H and O–H groups in total. The van der Waals surface area contributed by atoms with Gasteiger partial charge in [0.25, 0.3) is 0 Å². The van der Waals surface area contributed by atoms with Crippen molar-refractivity contribution in [1.29, 1.82) is 0 Å². The smallest absolute Gasteiger partial charge is 0.233 e. The van der Waals surface area contributed by atoms with Gasteiger partial charge in [-0.1, -0.05) is 42.5 Å². The van der Waals surface area contributed by atoms with Gasteiger partial charge in [0.1, 0.15) is 0 Å². The van der Waals surface area contributed by atoms with Gasteiger partial charge in [-0.2, -0.15) is 0 Å². The van der Waals surface area contributed by atoms with Gasteiger partial charge in [-0.05, 0) is 11.6 Å². The van der Waals surface area contributed by atoms with Gasteiger partial charge >= 0.3 is 0 Å². The van der Waals surface area contributed by atoms with Crippen LogP contribution in [-0.2, 0) is 15.2 Å². The lowest BCUT2D eigenvalue weighted by molar-refractivity contribution is 0.0826. The molecule has 0 heterocycles. The molecule has 0 saturated heterocycles.